The summed E-state index contributed by atoms with van der Waals surface area (Å²) < 4.78 is 5.47. The van der Waals surface area contributed by atoms with E-state index < -0.39 is 6.04 Å². The van der Waals surface area contributed by atoms with Crippen LogP contribution < -0.4 is 0 Å². The summed E-state index contributed by atoms with van der Waals surface area (Å²) >= 11 is 0. The van der Waals surface area contributed by atoms with E-state index >= 15 is 0 Å². The number of likely N-dealkylation sites (tertiary alicyclic amines) is 1. The fourth-order valence-corrected chi connectivity index (χ4v) is 3.94. The van der Waals surface area contributed by atoms with Crippen molar-refractivity contribution in [3.05, 3.63) is 35.9 Å². The molecule has 1 aromatic carbocycles. The Labute approximate surface area is 143 Å². The number of morpholine rings is 1. The van der Waals surface area contributed by atoms with Gasteiger partial charge >= 0.3 is 0 Å². The molecule has 2 aliphatic rings. The highest BCUT2D eigenvalue weighted by molar-refractivity contribution is 5.87. The van der Waals surface area contributed by atoms with Crippen molar-refractivity contribution in [1.82, 2.24) is 9.80 Å². The Balaban J connectivity index is 1.78. The van der Waals surface area contributed by atoms with E-state index in [1.807, 2.05) is 23.1 Å². The quantitative estimate of drug-likeness (QED) is 0.832. The molecule has 2 atom stereocenters. The van der Waals surface area contributed by atoms with Crippen LogP contribution >= 0.6 is 0 Å². The van der Waals surface area contributed by atoms with Gasteiger partial charge in [0.05, 0.1) is 13.2 Å². The second-order valence-corrected chi connectivity index (χ2v) is 7.47. The van der Waals surface area contributed by atoms with E-state index in [1.54, 1.807) is 4.90 Å². The van der Waals surface area contributed by atoms with Crippen LogP contribution in [-0.4, -0.2) is 60.5 Å². The number of hydrogen-bond donors (Lipinski definition) is 0. The molecule has 2 heterocycles. The highest BCUT2D eigenvalue weighted by Gasteiger charge is 2.44. The summed E-state index contributed by atoms with van der Waals surface area (Å²) in [4.78, 5) is 28.4. The van der Waals surface area contributed by atoms with Gasteiger partial charge < -0.3 is 14.5 Å². The number of carbonyl (C=O) groups excluding carboxylic acids is 2. The maximum absolute atomic E-state index is 13.0. The van der Waals surface area contributed by atoms with E-state index in [0.29, 0.717) is 38.8 Å². The minimum Gasteiger partial charge on any atom is -0.377 e. The standard InChI is InChI=1S/C19H26N2O3/c1-14(22)21-9-10-24-12-17(21)18(23)20-11-16(19(2,3)13-20)15-7-5-4-6-8-15/h4-8,16-17H,9-13H2,1-3H3. The Morgan fingerprint density at radius 1 is 1.21 bits per heavy atom. The lowest BCUT2D eigenvalue weighted by Gasteiger charge is -2.36. The Morgan fingerprint density at radius 3 is 2.58 bits per heavy atom. The first-order valence-electron chi connectivity index (χ1n) is 8.59. The average molecular weight is 330 g/mol. The molecule has 2 amide bonds. The molecule has 2 aliphatic heterocycles. The van der Waals surface area contributed by atoms with Crippen molar-refractivity contribution in [2.24, 2.45) is 5.41 Å². The molecule has 3 rings (SSSR count). The number of benzene rings is 1. The highest BCUT2D eigenvalue weighted by atomic mass is 16.5. The lowest BCUT2D eigenvalue weighted by molar-refractivity contribution is -0.152. The van der Waals surface area contributed by atoms with Crippen LogP contribution in [0, 0.1) is 5.41 Å². The number of rotatable bonds is 2. The summed E-state index contributed by atoms with van der Waals surface area (Å²) in [7, 11) is 0. The van der Waals surface area contributed by atoms with E-state index in [4.69, 9.17) is 4.74 Å². The zero-order chi connectivity index (χ0) is 17.3. The maximum Gasteiger partial charge on any atom is 0.247 e. The number of amides is 2. The van der Waals surface area contributed by atoms with Crippen molar-refractivity contribution in [2.45, 2.75) is 32.7 Å². The van der Waals surface area contributed by atoms with E-state index in [9.17, 15) is 9.59 Å². The number of carbonyl (C=O) groups is 2. The lowest BCUT2D eigenvalue weighted by Crippen LogP contribution is -2.56. The van der Waals surface area contributed by atoms with Gasteiger partial charge in [-0.25, -0.2) is 0 Å². The van der Waals surface area contributed by atoms with E-state index in [1.165, 1.54) is 12.5 Å². The van der Waals surface area contributed by atoms with Crippen LogP contribution in [0.3, 0.4) is 0 Å². The monoisotopic (exact) mass is 330 g/mol. The topological polar surface area (TPSA) is 49.9 Å². The average Bonchev–Trinajstić information content (AvgIpc) is 2.90. The fourth-order valence-electron chi connectivity index (χ4n) is 3.94. The third-order valence-electron chi connectivity index (χ3n) is 5.28. The predicted octanol–water partition coefficient (Wildman–Crippen LogP) is 1.89. The van der Waals surface area contributed by atoms with E-state index in [0.717, 1.165) is 0 Å². The van der Waals surface area contributed by atoms with Crippen LogP contribution in [0.2, 0.25) is 0 Å². The minimum atomic E-state index is -0.485. The Bertz CT molecular complexity index is 614. The zero-order valence-corrected chi connectivity index (χ0v) is 14.7. The molecule has 1 aromatic rings. The summed E-state index contributed by atoms with van der Waals surface area (Å²) in [6.45, 7) is 8.62. The van der Waals surface area contributed by atoms with Crippen LogP contribution in [0.4, 0.5) is 0 Å². The lowest BCUT2D eigenvalue weighted by atomic mass is 9.78. The molecule has 2 unspecified atom stereocenters. The van der Waals surface area contributed by atoms with Gasteiger partial charge in [-0.15, -0.1) is 0 Å². The summed E-state index contributed by atoms with van der Waals surface area (Å²) in [5, 5.41) is 0. The number of nitrogens with zero attached hydrogens (tertiary/aromatic N) is 2. The number of ether oxygens (including phenoxy) is 1. The molecule has 0 spiro atoms. The molecule has 5 heteroatoms. The van der Waals surface area contributed by atoms with Gasteiger partial charge in [0.15, 0.2) is 0 Å². The van der Waals surface area contributed by atoms with Crippen molar-refractivity contribution in [2.75, 3.05) is 32.8 Å². The first-order valence-corrected chi connectivity index (χ1v) is 8.59. The molecule has 0 N–H and O–H groups in total. The zero-order valence-electron chi connectivity index (χ0n) is 14.7. The van der Waals surface area contributed by atoms with Crippen LogP contribution in [0.15, 0.2) is 30.3 Å². The molecule has 2 saturated heterocycles. The molecule has 2 fully saturated rings. The van der Waals surface area contributed by atoms with E-state index in [2.05, 4.69) is 26.0 Å². The fraction of sp³-hybridized carbons (Fsp3) is 0.579. The largest absolute Gasteiger partial charge is 0.377 e. The molecule has 0 aliphatic carbocycles. The SMILES string of the molecule is CC(=O)N1CCOCC1C(=O)N1CC(c2ccccc2)C(C)(C)C1. The van der Waals surface area contributed by atoms with Gasteiger partial charge in [0.2, 0.25) is 11.8 Å². The summed E-state index contributed by atoms with van der Waals surface area (Å²) in [5.41, 5.74) is 1.27. The van der Waals surface area contributed by atoms with Crippen molar-refractivity contribution < 1.29 is 14.3 Å². The first-order chi connectivity index (χ1) is 11.4. The molecule has 130 valence electrons. The Morgan fingerprint density at radius 2 is 1.92 bits per heavy atom. The molecule has 24 heavy (non-hydrogen) atoms. The van der Waals surface area contributed by atoms with Gasteiger partial charge in [-0.3, -0.25) is 9.59 Å². The van der Waals surface area contributed by atoms with E-state index in [-0.39, 0.29) is 17.2 Å². The van der Waals surface area contributed by atoms with Crippen molar-refractivity contribution in [3.8, 4) is 0 Å². The summed E-state index contributed by atoms with van der Waals surface area (Å²) in [6.07, 6.45) is 0. The maximum atomic E-state index is 13.0. The summed E-state index contributed by atoms with van der Waals surface area (Å²) in [6, 6.07) is 9.88. The third-order valence-corrected chi connectivity index (χ3v) is 5.28. The molecule has 0 radical (unpaired) electrons. The van der Waals surface area contributed by atoms with Gasteiger partial charge in [0.1, 0.15) is 6.04 Å². The molecular formula is C19H26N2O3. The molecule has 0 aromatic heterocycles. The van der Waals surface area contributed by atoms with Gasteiger partial charge in [0.25, 0.3) is 0 Å². The predicted molar refractivity (Wildman–Crippen MR) is 91.5 cm³/mol. The van der Waals surface area contributed by atoms with Gasteiger partial charge in [-0.05, 0) is 11.0 Å². The summed E-state index contributed by atoms with van der Waals surface area (Å²) in [5.74, 6) is 0.254. The smallest absolute Gasteiger partial charge is 0.247 e. The Hall–Kier alpha value is -1.88. The van der Waals surface area contributed by atoms with Gasteiger partial charge in [0, 0.05) is 32.5 Å². The van der Waals surface area contributed by atoms with Gasteiger partial charge in [-0.2, -0.15) is 0 Å². The molecule has 0 saturated carbocycles. The van der Waals surface area contributed by atoms with Crippen LogP contribution in [0.5, 0.6) is 0 Å². The van der Waals surface area contributed by atoms with Gasteiger partial charge in [-0.1, -0.05) is 44.2 Å². The minimum absolute atomic E-state index is 0.00753. The molecule has 5 nitrogen and oxygen atoms in total. The second kappa shape index (κ2) is 6.55. The number of hydrogen-bond acceptors (Lipinski definition) is 3. The van der Waals surface area contributed by atoms with Crippen LogP contribution in [0.25, 0.3) is 0 Å². The normalized spacial score (nSPS) is 26.5. The first kappa shape index (κ1) is 17.0. The molecular weight excluding hydrogens is 304 g/mol. The van der Waals surface area contributed by atoms with Crippen molar-refractivity contribution in [3.63, 3.8) is 0 Å². The van der Waals surface area contributed by atoms with Crippen molar-refractivity contribution >= 4 is 11.8 Å². The second-order valence-electron chi connectivity index (χ2n) is 7.47. The van der Waals surface area contributed by atoms with Crippen molar-refractivity contribution in [1.29, 1.82) is 0 Å². The van der Waals surface area contributed by atoms with Crippen LogP contribution in [0.1, 0.15) is 32.3 Å². The third kappa shape index (κ3) is 3.18. The van der Waals surface area contributed by atoms with Crippen LogP contribution in [-0.2, 0) is 14.3 Å². The Kier molecular flexibility index (Phi) is 4.63. The molecule has 0 bridgehead atoms. The highest BCUT2D eigenvalue weighted by Crippen LogP contribution is 2.42.